The van der Waals surface area contributed by atoms with Gasteiger partial charge in [-0.15, -0.1) is 11.6 Å². The minimum atomic E-state index is -0.611. The number of ether oxygens (including phenoxy) is 1. The van der Waals surface area contributed by atoms with Crippen LogP contribution in [-0.2, 0) is 9.53 Å². The summed E-state index contributed by atoms with van der Waals surface area (Å²) in [6.07, 6.45) is 1.78. The highest BCUT2D eigenvalue weighted by atomic mass is 35.5. The van der Waals surface area contributed by atoms with Crippen molar-refractivity contribution < 1.29 is 9.53 Å². The number of likely N-dealkylation sites (N-methyl/N-ethyl adjacent to an activating group) is 1. The molecule has 1 saturated heterocycles. The van der Waals surface area contributed by atoms with E-state index in [0.29, 0.717) is 13.2 Å². The maximum absolute atomic E-state index is 11.9. The van der Waals surface area contributed by atoms with Crippen molar-refractivity contribution >= 4 is 17.5 Å². The highest BCUT2D eigenvalue weighted by Gasteiger charge is 2.39. The summed E-state index contributed by atoms with van der Waals surface area (Å²) in [7, 11) is 1.77. The Morgan fingerprint density at radius 3 is 2.79 bits per heavy atom. The van der Waals surface area contributed by atoms with Crippen molar-refractivity contribution in [3.63, 3.8) is 0 Å². The lowest BCUT2D eigenvalue weighted by Gasteiger charge is -2.28. The molecule has 1 aliphatic heterocycles. The van der Waals surface area contributed by atoms with Crippen LogP contribution in [0.3, 0.4) is 0 Å². The third-order valence-corrected chi connectivity index (χ3v) is 2.68. The SMILES string of the molecule is CC(Cl)CN(C)C(=O)C1(C)CCCO1. The smallest absolute Gasteiger partial charge is 0.254 e. The minimum absolute atomic E-state index is 0.0195. The molecule has 0 bridgehead atoms. The molecule has 3 nitrogen and oxygen atoms in total. The van der Waals surface area contributed by atoms with Gasteiger partial charge in [-0.2, -0.15) is 0 Å². The fourth-order valence-electron chi connectivity index (χ4n) is 1.81. The van der Waals surface area contributed by atoms with Gasteiger partial charge in [0.25, 0.3) is 5.91 Å². The van der Waals surface area contributed by atoms with Crippen LogP contribution in [-0.4, -0.2) is 42.0 Å². The number of carbonyl (C=O) groups is 1. The lowest BCUT2D eigenvalue weighted by Crippen LogP contribution is -2.46. The molecule has 82 valence electrons. The van der Waals surface area contributed by atoms with E-state index < -0.39 is 5.60 Å². The molecule has 1 fully saturated rings. The molecule has 0 radical (unpaired) electrons. The van der Waals surface area contributed by atoms with Gasteiger partial charge in [-0.1, -0.05) is 0 Å². The van der Waals surface area contributed by atoms with E-state index in [9.17, 15) is 4.79 Å². The Labute approximate surface area is 90.4 Å². The average Bonchev–Trinajstić information content (AvgIpc) is 2.51. The number of hydrogen-bond acceptors (Lipinski definition) is 2. The lowest BCUT2D eigenvalue weighted by molar-refractivity contribution is -0.149. The van der Waals surface area contributed by atoms with Gasteiger partial charge in [0.05, 0.1) is 0 Å². The monoisotopic (exact) mass is 219 g/mol. The maximum Gasteiger partial charge on any atom is 0.254 e. The van der Waals surface area contributed by atoms with Gasteiger partial charge in [0, 0.05) is 25.6 Å². The molecule has 0 saturated carbocycles. The number of nitrogens with zero attached hydrogens (tertiary/aromatic N) is 1. The molecule has 0 aromatic carbocycles. The van der Waals surface area contributed by atoms with Crippen molar-refractivity contribution in [3.05, 3.63) is 0 Å². The standard InChI is InChI=1S/C10H18ClNO2/c1-8(11)7-12(3)9(13)10(2)5-4-6-14-10/h8H,4-7H2,1-3H3. The van der Waals surface area contributed by atoms with Crippen molar-refractivity contribution in [2.24, 2.45) is 0 Å². The number of amides is 1. The van der Waals surface area contributed by atoms with Crippen LogP contribution in [0.2, 0.25) is 0 Å². The summed E-state index contributed by atoms with van der Waals surface area (Å²) in [5, 5.41) is -0.0195. The largest absolute Gasteiger partial charge is 0.365 e. The molecule has 1 rings (SSSR count). The minimum Gasteiger partial charge on any atom is -0.365 e. The van der Waals surface area contributed by atoms with Gasteiger partial charge in [-0.05, 0) is 26.7 Å². The molecule has 2 unspecified atom stereocenters. The van der Waals surface area contributed by atoms with Crippen LogP contribution < -0.4 is 0 Å². The Balaban J connectivity index is 2.55. The number of carbonyl (C=O) groups excluding carboxylic acids is 1. The van der Waals surface area contributed by atoms with Gasteiger partial charge in [-0.25, -0.2) is 0 Å². The zero-order chi connectivity index (χ0) is 10.8. The average molecular weight is 220 g/mol. The van der Waals surface area contributed by atoms with Gasteiger partial charge in [0.2, 0.25) is 0 Å². The first-order chi connectivity index (χ1) is 6.46. The van der Waals surface area contributed by atoms with Gasteiger partial charge in [-0.3, -0.25) is 4.79 Å². The summed E-state index contributed by atoms with van der Waals surface area (Å²) in [5.41, 5.74) is -0.611. The lowest BCUT2D eigenvalue weighted by atomic mass is 10.0. The summed E-state index contributed by atoms with van der Waals surface area (Å²) in [5.74, 6) is 0.0440. The zero-order valence-electron chi connectivity index (χ0n) is 9.05. The first-order valence-corrected chi connectivity index (χ1v) is 5.43. The first-order valence-electron chi connectivity index (χ1n) is 4.99. The van der Waals surface area contributed by atoms with Crippen molar-refractivity contribution in [3.8, 4) is 0 Å². The second-order valence-corrected chi connectivity index (χ2v) is 4.89. The van der Waals surface area contributed by atoms with Crippen LogP contribution in [0.5, 0.6) is 0 Å². The number of rotatable bonds is 3. The van der Waals surface area contributed by atoms with Crippen molar-refractivity contribution in [1.82, 2.24) is 4.90 Å². The highest BCUT2D eigenvalue weighted by molar-refractivity contribution is 6.20. The number of halogens is 1. The van der Waals surface area contributed by atoms with E-state index in [2.05, 4.69) is 0 Å². The molecule has 1 aliphatic rings. The fourth-order valence-corrected chi connectivity index (χ4v) is 2.02. The summed E-state index contributed by atoms with van der Waals surface area (Å²) in [6.45, 7) is 4.99. The molecule has 2 atom stereocenters. The Kier molecular flexibility index (Phi) is 3.78. The molecular weight excluding hydrogens is 202 g/mol. The van der Waals surface area contributed by atoms with E-state index in [1.165, 1.54) is 0 Å². The first kappa shape index (κ1) is 11.8. The van der Waals surface area contributed by atoms with E-state index in [-0.39, 0.29) is 11.3 Å². The van der Waals surface area contributed by atoms with Crippen LogP contribution in [0.1, 0.15) is 26.7 Å². The Morgan fingerprint density at radius 1 is 1.71 bits per heavy atom. The molecule has 4 heteroatoms. The summed E-state index contributed by atoms with van der Waals surface area (Å²) in [6, 6.07) is 0. The second-order valence-electron chi connectivity index (χ2n) is 4.15. The molecule has 0 N–H and O–H groups in total. The van der Waals surface area contributed by atoms with E-state index in [4.69, 9.17) is 16.3 Å². The summed E-state index contributed by atoms with van der Waals surface area (Å²) < 4.78 is 5.47. The third kappa shape index (κ3) is 2.61. The molecule has 1 heterocycles. The van der Waals surface area contributed by atoms with Crippen LogP contribution in [0.15, 0.2) is 0 Å². The molecule has 14 heavy (non-hydrogen) atoms. The van der Waals surface area contributed by atoms with E-state index in [0.717, 1.165) is 12.8 Å². The fraction of sp³-hybridized carbons (Fsp3) is 0.900. The number of alkyl halides is 1. The Bertz CT molecular complexity index is 212. The third-order valence-electron chi connectivity index (χ3n) is 2.54. The van der Waals surface area contributed by atoms with Gasteiger partial charge in [0.15, 0.2) is 0 Å². The van der Waals surface area contributed by atoms with Crippen LogP contribution in [0, 0.1) is 0 Å². The number of hydrogen-bond donors (Lipinski definition) is 0. The Hall–Kier alpha value is -0.280. The molecule has 1 amide bonds. The van der Waals surface area contributed by atoms with Gasteiger partial charge < -0.3 is 9.64 Å². The predicted molar refractivity (Wildman–Crippen MR) is 56.5 cm³/mol. The second kappa shape index (κ2) is 4.49. The van der Waals surface area contributed by atoms with E-state index >= 15 is 0 Å². The quantitative estimate of drug-likeness (QED) is 0.676. The van der Waals surface area contributed by atoms with Crippen molar-refractivity contribution in [2.45, 2.75) is 37.7 Å². The summed E-state index contributed by atoms with van der Waals surface area (Å²) >= 11 is 5.83. The van der Waals surface area contributed by atoms with Crippen LogP contribution in [0.25, 0.3) is 0 Å². The predicted octanol–water partition coefficient (Wildman–Crippen LogP) is 1.64. The molecule has 0 aromatic heterocycles. The molecule has 0 spiro atoms. The van der Waals surface area contributed by atoms with Gasteiger partial charge in [0.1, 0.15) is 5.60 Å². The zero-order valence-corrected chi connectivity index (χ0v) is 9.80. The van der Waals surface area contributed by atoms with Crippen molar-refractivity contribution in [1.29, 1.82) is 0 Å². The van der Waals surface area contributed by atoms with E-state index in [1.54, 1.807) is 11.9 Å². The van der Waals surface area contributed by atoms with E-state index in [1.807, 2.05) is 13.8 Å². The Morgan fingerprint density at radius 2 is 2.36 bits per heavy atom. The normalized spacial score (nSPS) is 28.9. The molecule has 0 aliphatic carbocycles. The molecular formula is C10H18ClNO2. The topological polar surface area (TPSA) is 29.5 Å². The highest BCUT2D eigenvalue weighted by Crippen LogP contribution is 2.26. The summed E-state index contributed by atoms with van der Waals surface area (Å²) in [4.78, 5) is 13.6. The van der Waals surface area contributed by atoms with Gasteiger partial charge >= 0.3 is 0 Å². The molecule has 0 aromatic rings. The van der Waals surface area contributed by atoms with Crippen LogP contribution >= 0.6 is 11.6 Å². The maximum atomic E-state index is 11.9. The van der Waals surface area contributed by atoms with Crippen molar-refractivity contribution in [2.75, 3.05) is 20.2 Å². The van der Waals surface area contributed by atoms with Crippen LogP contribution in [0.4, 0.5) is 0 Å².